The van der Waals surface area contributed by atoms with Gasteiger partial charge in [0.1, 0.15) is 6.33 Å². The molecule has 0 bridgehead atoms. The van der Waals surface area contributed by atoms with Crippen molar-refractivity contribution >= 4 is 51.9 Å². The fourth-order valence-corrected chi connectivity index (χ4v) is 4.94. The van der Waals surface area contributed by atoms with Crippen molar-refractivity contribution in [2.45, 2.75) is 35.5 Å². The monoisotopic (exact) mass is 437 g/mol. The van der Waals surface area contributed by atoms with Gasteiger partial charge in [-0.25, -0.2) is 15.0 Å². The van der Waals surface area contributed by atoms with Crippen molar-refractivity contribution in [3.63, 3.8) is 0 Å². The summed E-state index contributed by atoms with van der Waals surface area (Å²) in [4.78, 5) is 14.1. The molecule has 1 aromatic carbocycles. The van der Waals surface area contributed by atoms with E-state index in [1.54, 1.807) is 6.07 Å². The number of imidazole rings is 1. The van der Waals surface area contributed by atoms with Crippen LogP contribution < -0.4 is 16.4 Å². The first kappa shape index (κ1) is 19.7. The third kappa shape index (κ3) is 4.52. The zero-order valence-electron chi connectivity index (χ0n) is 15.2. The van der Waals surface area contributed by atoms with E-state index in [9.17, 15) is 0 Å². The predicted octanol–water partition coefficient (Wildman–Crippen LogP) is 3.21. The number of aromatic nitrogens is 4. The highest BCUT2D eigenvalue weighted by Crippen LogP contribution is 2.34. The largest absolute Gasteiger partial charge is 0.382 e. The van der Waals surface area contributed by atoms with Crippen LogP contribution in [0.4, 0.5) is 5.82 Å². The zero-order valence-corrected chi connectivity index (χ0v) is 17.5. The molecule has 0 saturated carbocycles. The van der Waals surface area contributed by atoms with Crippen LogP contribution in [0.15, 0.2) is 34.6 Å². The van der Waals surface area contributed by atoms with Gasteiger partial charge in [0, 0.05) is 34.1 Å². The van der Waals surface area contributed by atoms with Crippen molar-refractivity contribution in [2.24, 2.45) is 0 Å². The van der Waals surface area contributed by atoms with Crippen LogP contribution in [0.2, 0.25) is 10.0 Å². The molecule has 4 N–H and O–H groups in total. The topological polar surface area (TPSA) is 93.7 Å². The molecule has 1 fully saturated rings. The molecule has 1 atom stereocenters. The van der Waals surface area contributed by atoms with Crippen molar-refractivity contribution in [1.82, 2.24) is 30.2 Å². The Morgan fingerprint density at radius 3 is 2.82 bits per heavy atom. The van der Waals surface area contributed by atoms with Crippen LogP contribution in [-0.2, 0) is 6.54 Å². The van der Waals surface area contributed by atoms with Gasteiger partial charge in [0.25, 0.3) is 0 Å². The fraction of sp³-hybridized carbons (Fsp3) is 0.389. The second-order valence-corrected chi connectivity index (χ2v) is 8.60. The fourth-order valence-electron chi connectivity index (χ4n) is 3.28. The number of nitrogen functional groups attached to an aromatic ring is 1. The summed E-state index contributed by atoms with van der Waals surface area (Å²) in [6.45, 7) is 3.83. The molecule has 148 valence electrons. The van der Waals surface area contributed by atoms with E-state index in [1.807, 2.05) is 12.1 Å². The Balaban J connectivity index is 1.55. The quantitative estimate of drug-likeness (QED) is 0.488. The Hall–Kier alpha value is -1.58. The molecule has 1 aliphatic rings. The molecule has 10 heteroatoms. The molecule has 0 radical (unpaired) electrons. The summed E-state index contributed by atoms with van der Waals surface area (Å²) >= 11 is 13.8. The van der Waals surface area contributed by atoms with Gasteiger partial charge in [0.15, 0.2) is 22.1 Å². The first-order chi connectivity index (χ1) is 13.6. The lowest BCUT2D eigenvalue weighted by Gasteiger charge is -2.12. The third-order valence-corrected chi connectivity index (χ3v) is 6.02. The molecular formula is C18H21Cl2N7S. The highest BCUT2D eigenvalue weighted by molar-refractivity contribution is 7.99. The molecule has 4 rings (SSSR count). The second-order valence-electron chi connectivity index (χ2n) is 6.68. The molecule has 0 amide bonds. The van der Waals surface area contributed by atoms with Crippen molar-refractivity contribution in [3.05, 3.63) is 34.6 Å². The summed E-state index contributed by atoms with van der Waals surface area (Å²) in [5.41, 5.74) is 7.38. The van der Waals surface area contributed by atoms with E-state index in [0.717, 1.165) is 48.3 Å². The lowest BCUT2D eigenvalue weighted by Crippen LogP contribution is -2.32. The minimum atomic E-state index is 0.380. The number of hydrogen-bond donors (Lipinski definition) is 3. The average molecular weight is 438 g/mol. The number of aryl methyl sites for hydroxylation is 1. The molecule has 1 aliphatic heterocycles. The first-order valence-corrected chi connectivity index (χ1v) is 10.7. The Morgan fingerprint density at radius 2 is 2.07 bits per heavy atom. The van der Waals surface area contributed by atoms with Crippen LogP contribution in [0.5, 0.6) is 0 Å². The van der Waals surface area contributed by atoms with Crippen molar-refractivity contribution in [2.75, 3.05) is 25.4 Å². The lowest BCUT2D eigenvalue weighted by molar-refractivity contribution is 0.504. The maximum absolute atomic E-state index is 6.14. The number of rotatable bonds is 7. The van der Waals surface area contributed by atoms with E-state index < -0.39 is 0 Å². The Kier molecular flexibility index (Phi) is 6.22. The molecule has 1 saturated heterocycles. The van der Waals surface area contributed by atoms with Crippen LogP contribution >= 0.6 is 35.0 Å². The van der Waals surface area contributed by atoms with Gasteiger partial charge >= 0.3 is 0 Å². The number of nitrogens with zero attached hydrogens (tertiary/aromatic N) is 4. The Bertz CT molecular complexity index is 952. The molecular weight excluding hydrogens is 417 g/mol. The van der Waals surface area contributed by atoms with Crippen LogP contribution in [0.1, 0.15) is 12.8 Å². The van der Waals surface area contributed by atoms with E-state index in [4.69, 9.17) is 28.9 Å². The van der Waals surface area contributed by atoms with E-state index in [1.165, 1.54) is 24.5 Å². The number of hydrogen-bond acceptors (Lipinski definition) is 7. The van der Waals surface area contributed by atoms with Gasteiger partial charge in [-0.3, -0.25) is 0 Å². The predicted molar refractivity (Wildman–Crippen MR) is 114 cm³/mol. The summed E-state index contributed by atoms with van der Waals surface area (Å²) in [5.74, 6) is 0.380. The molecule has 3 aromatic rings. The molecule has 0 aliphatic carbocycles. The molecule has 7 nitrogen and oxygen atoms in total. The van der Waals surface area contributed by atoms with Crippen molar-refractivity contribution in [1.29, 1.82) is 0 Å². The smallest absolute Gasteiger partial charge is 0.175 e. The van der Waals surface area contributed by atoms with Crippen LogP contribution in [-0.4, -0.2) is 45.2 Å². The van der Waals surface area contributed by atoms with E-state index in [2.05, 4.69) is 30.2 Å². The van der Waals surface area contributed by atoms with Gasteiger partial charge in [-0.15, -0.1) is 0 Å². The van der Waals surface area contributed by atoms with Gasteiger partial charge < -0.3 is 20.9 Å². The summed E-state index contributed by atoms with van der Waals surface area (Å²) in [6, 6.07) is 6.00. The van der Waals surface area contributed by atoms with Gasteiger partial charge in [-0.05, 0) is 44.1 Å². The highest BCUT2D eigenvalue weighted by Gasteiger charge is 2.17. The SMILES string of the molecule is Nc1ncnc2c1nc(Sc1cc(Cl)cc(Cl)c1)n2CCCN[C@@H]1CCNC1. The maximum atomic E-state index is 6.14. The Labute approximate surface area is 177 Å². The number of nitrogens with two attached hydrogens (primary N) is 1. The Morgan fingerprint density at radius 1 is 1.25 bits per heavy atom. The number of benzene rings is 1. The van der Waals surface area contributed by atoms with Gasteiger partial charge in [0.2, 0.25) is 0 Å². The first-order valence-electron chi connectivity index (χ1n) is 9.15. The van der Waals surface area contributed by atoms with Gasteiger partial charge in [0.05, 0.1) is 0 Å². The van der Waals surface area contributed by atoms with Gasteiger partial charge in [-0.1, -0.05) is 35.0 Å². The van der Waals surface area contributed by atoms with E-state index in [0.29, 0.717) is 27.4 Å². The normalized spacial score (nSPS) is 16.9. The molecule has 3 heterocycles. The van der Waals surface area contributed by atoms with Crippen molar-refractivity contribution < 1.29 is 0 Å². The molecule has 28 heavy (non-hydrogen) atoms. The van der Waals surface area contributed by atoms with Crippen molar-refractivity contribution in [3.8, 4) is 0 Å². The summed E-state index contributed by atoms with van der Waals surface area (Å²) in [7, 11) is 0. The zero-order chi connectivity index (χ0) is 19.5. The number of anilines is 1. The van der Waals surface area contributed by atoms with Crippen LogP contribution in [0, 0.1) is 0 Å². The summed E-state index contributed by atoms with van der Waals surface area (Å²) in [5, 5.41) is 8.93. The summed E-state index contributed by atoms with van der Waals surface area (Å²) in [6.07, 6.45) is 3.60. The number of nitrogens with one attached hydrogen (secondary N) is 2. The standard InChI is InChI=1S/C18H21Cl2N7S/c19-11-6-12(20)8-14(7-11)28-18-26-15-16(21)24-10-25-17(15)27(18)5-1-3-23-13-2-4-22-9-13/h6-8,10,13,22-23H,1-5,9H2,(H2,21,24,25)/t13-/m1/s1. The summed E-state index contributed by atoms with van der Waals surface area (Å²) < 4.78 is 2.08. The maximum Gasteiger partial charge on any atom is 0.175 e. The lowest BCUT2D eigenvalue weighted by atomic mass is 10.2. The van der Waals surface area contributed by atoms with Gasteiger partial charge in [-0.2, -0.15) is 0 Å². The van der Waals surface area contributed by atoms with E-state index >= 15 is 0 Å². The number of halogens is 2. The third-order valence-electron chi connectivity index (χ3n) is 4.62. The minimum Gasteiger partial charge on any atom is -0.382 e. The van der Waals surface area contributed by atoms with Crippen LogP contribution in [0.25, 0.3) is 11.2 Å². The second kappa shape index (κ2) is 8.84. The molecule has 2 aromatic heterocycles. The van der Waals surface area contributed by atoms with Crippen LogP contribution in [0.3, 0.4) is 0 Å². The van der Waals surface area contributed by atoms with E-state index in [-0.39, 0.29) is 0 Å². The molecule has 0 unspecified atom stereocenters. The minimum absolute atomic E-state index is 0.380. The average Bonchev–Trinajstić information content (AvgIpc) is 3.27. The number of fused-ring (bicyclic) bond motifs is 1. The molecule has 0 spiro atoms. The highest BCUT2D eigenvalue weighted by atomic mass is 35.5.